The van der Waals surface area contributed by atoms with Crippen molar-refractivity contribution in [2.24, 2.45) is 29.6 Å². The van der Waals surface area contributed by atoms with Crippen molar-refractivity contribution < 1.29 is 9.53 Å². The van der Waals surface area contributed by atoms with Gasteiger partial charge >= 0.3 is 6.09 Å². The molecule has 7 saturated carbocycles. The van der Waals surface area contributed by atoms with Crippen molar-refractivity contribution in [2.75, 3.05) is 0 Å². The Bertz CT molecular complexity index is 673. The predicted octanol–water partition coefficient (Wildman–Crippen LogP) is 5.30. The van der Waals surface area contributed by atoms with Gasteiger partial charge in [0.25, 0.3) is 0 Å². The number of rotatable bonds is 2. The molecule has 0 aliphatic heterocycles. The van der Waals surface area contributed by atoms with E-state index in [0.717, 1.165) is 36.0 Å². The van der Waals surface area contributed by atoms with E-state index in [0.29, 0.717) is 0 Å². The van der Waals surface area contributed by atoms with Gasteiger partial charge in [0.05, 0.1) is 11.1 Å². The lowest BCUT2D eigenvalue weighted by atomic mass is 9.50. The van der Waals surface area contributed by atoms with Crippen LogP contribution in [0.4, 0.5) is 4.79 Å². The van der Waals surface area contributed by atoms with Gasteiger partial charge in [0.15, 0.2) is 0 Å². The Morgan fingerprint density at radius 1 is 1.04 bits per heavy atom. The van der Waals surface area contributed by atoms with Gasteiger partial charge in [0.1, 0.15) is 5.60 Å². The highest BCUT2D eigenvalue weighted by Crippen LogP contribution is 2.68. The van der Waals surface area contributed by atoms with Crippen LogP contribution in [0.25, 0.3) is 0 Å². The molecule has 26 heavy (non-hydrogen) atoms. The fourth-order valence-electron chi connectivity index (χ4n) is 8.55. The zero-order valence-electron chi connectivity index (χ0n) is 16.6. The zero-order chi connectivity index (χ0) is 17.9. The largest absolute Gasteiger partial charge is 0.444 e. The molecule has 0 radical (unpaired) electrons. The second-order valence-electron chi connectivity index (χ2n) is 11.6. The summed E-state index contributed by atoms with van der Waals surface area (Å²) in [6.07, 6.45) is 14.0. The quantitative estimate of drug-likeness (QED) is 0.629. The van der Waals surface area contributed by atoms with Crippen LogP contribution in [-0.2, 0) is 4.74 Å². The summed E-state index contributed by atoms with van der Waals surface area (Å²) >= 11 is 0. The van der Waals surface area contributed by atoms with Crippen molar-refractivity contribution in [3.05, 3.63) is 11.6 Å². The molecule has 9 aliphatic carbocycles. The molecule has 0 heterocycles. The minimum Gasteiger partial charge on any atom is -0.444 e. The number of amides is 1. The number of fused-ring (bicyclic) bond motifs is 1. The first kappa shape index (κ1) is 16.0. The van der Waals surface area contributed by atoms with Gasteiger partial charge in [-0.1, -0.05) is 11.6 Å². The van der Waals surface area contributed by atoms with E-state index >= 15 is 0 Å². The lowest BCUT2D eigenvalue weighted by Gasteiger charge is -2.64. The highest BCUT2D eigenvalue weighted by molar-refractivity contribution is 5.71. The Morgan fingerprint density at radius 3 is 2.27 bits per heavy atom. The van der Waals surface area contributed by atoms with Gasteiger partial charge in [0.2, 0.25) is 0 Å². The number of hydrogen-bond acceptors (Lipinski definition) is 2. The van der Waals surface area contributed by atoms with E-state index in [1.54, 1.807) is 5.57 Å². The van der Waals surface area contributed by atoms with Crippen molar-refractivity contribution in [3.8, 4) is 0 Å². The van der Waals surface area contributed by atoms with E-state index in [4.69, 9.17) is 4.74 Å². The van der Waals surface area contributed by atoms with Crippen LogP contribution in [0.15, 0.2) is 11.6 Å². The summed E-state index contributed by atoms with van der Waals surface area (Å²) in [5.74, 6) is 3.99. The summed E-state index contributed by atoms with van der Waals surface area (Å²) in [6.45, 7) is 6.07. The van der Waals surface area contributed by atoms with Crippen molar-refractivity contribution in [2.45, 2.75) is 95.2 Å². The number of nitrogens with zero attached hydrogens (tertiary/aromatic N) is 1. The third-order valence-electron chi connectivity index (χ3n) is 8.92. The van der Waals surface area contributed by atoms with Gasteiger partial charge in [-0.05, 0) is 108 Å². The van der Waals surface area contributed by atoms with E-state index in [9.17, 15) is 4.79 Å². The topological polar surface area (TPSA) is 29.5 Å². The monoisotopic (exact) mass is 355 g/mol. The molecule has 0 spiro atoms. The lowest BCUT2D eigenvalue weighted by molar-refractivity contribution is -0.0984. The summed E-state index contributed by atoms with van der Waals surface area (Å²) in [4.78, 5) is 16.1. The van der Waals surface area contributed by atoms with Crippen LogP contribution in [0.2, 0.25) is 0 Å². The lowest BCUT2D eigenvalue weighted by Crippen LogP contribution is -2.69. The fourth-order valence-corrected chi connectivity index (χ4v) is 8.55. The van der Waals surface area contributed by atoms with Crippen molar-refractivity contribution in [1.29, 1.82) is 0 Å². The molecule has 3 nitrogen and oxygen atoms in total. The Kier molecular flexibility index (Phi) is 2.89. The Balaban J connectivity index is 1.43. The summed E-state index contributed by atoms with van der Waals surface area (Å²) in [5.41, 5.74) is 1.49. The first-order chi connectivity index (χ1) is 12.3. The van der Waals surface area contributed by atoms with Crippen LogP contribution < -0.4 is 0 Å². The van der Waals surface area contributed by atoms with Crippen LogP contribution in [0.1, 0.15) is 78.6 Å². The molecular formula is C23H33NO2. The van der Waals surface area contributed by atoms with Gasteiger partial charge < -0.3 is 4.74 Å². The summed E-state index contributed by atoms with van der Waals surface area (Å²) in [6, 6.07) is 0. The molecule has 142 valence electrons. The average molecular weight is 356 g/mol. The normalized spacial score (nSPS) is 49.8. The first-order valence-corrected chi connectivity index (χ1v) is 11.0. The van der Waals surface area contributed by atoms with Gasteiger partial charge in [-0.3, -0.25) is 4.90 Å². The molecule has 0 aromatic carbocycles. The predicted molar refractivity (Wildman–Crippen MR) is 101 cm³/mol. The van der Waals surface area contributed by atoms with Crippen LogP contribution in [-0.4, -0.2) is 27.7 Å². The highest BCUT2D eigenvalue weighted by Gasteiger charge is 2.68. The van der Waals surface area contributed by atoms with E-state index < -0.39 is 5.60 Å². The molecular weight excluding hydrogens is 322 g/mol. The third kappa shape index (κ3) is 1.93. The molecule has 7 fully saturated rings. The molecule has 0 aromatic rings. The Hall–Kier alpha value is -0.990. The van der Waals surface area contributed by atoms with Gasteiger partial charge in [0, 0.05) is 0 Å². The second kappa shape index (κ2) is 4.70. The summed E-state index contributed by atoms with van der Waals surface area (Å²) in [5, 5.41) is 0. The maximum absolute atomic E-state index is 13.7. The second-order valence-corrected chi connectivity index (χ2v) is 11.6. The maximum Gasteiger partial charge on any atom is 0.411 e. The van der Waals surface area contributed by atoms with Gasteiger partial charge in [-0.15, -0.1) is 0 Å². The summed E-state index contributed by atoms with van der Waals surface area (Å²) in [7, 11) is 0. The van der Waals surface area contributed by atoms with Crippen molar-refractivity contribution in [1.82, 2.24) is 4.90 Å². The van der Waals surface area contributed by atoms with Crippen molar-refractivity contribution >= 4 is 6.09 Å². The van der Waals surface area contributed by atoms with Gasteiger partial charge in [-0.25, -0.2) is 4.79 Å². The highest BCUT2D eigenvalue weighted by atomic mass is 16.6. The van der Waals surface area contributed by atoms with Crippen LogP contribution >= 0.6 is 0 Å². The van der Waals surface area contributed by atoms with E-state index in [1.807, 2.05) is 20.8 Å². The minimum absolute atomic E-state index is 0.00356. The van der Waals surface area contributed by atoms with Crippen LogP contribution in [0, 0.1) is 29.6 Å². The van der Waals surface area contributed by atoms with Crippen LogP contribution in [0.3, 0.4) is 0 Å². The molecule has 8 bridgehead atoms. The van der Waals surface area contributed by atoms with E-state index in [1.165, 1.54) is 51.4 Å². The van der Waals surface area contributed by atoms with E-state index in [2.05, 4.69) is 11.0 Å². The number of carbonyl (C=O) groups excluding carboxylic acids is 1. The molecule has 9 aliphatic rings. The molecule has 3 heteroatoms. The standard InChI is InChI=1S/C23H33NO2/c1-21(2,3)26-20(25)24(22-5-4-19-16(12-22)9-17(19)13-22)23-10-14-6-15(11-23)8-18(23)7-14/h4,14-18H,5-13H2,1-3H3. The number of allylic oxidation sites excluding steroid dienone is 1. The minimum atomic E-state index is -0.411. The molecule has 0 saturated heterocycles. The number of ether oxygens (including phenoxy) is 1. The fraction of sp³-hybridized carbons (Fsp3) is 0.870. The molecule has 4 unspecified atom stereocenters. The first-order valence-electron chi connectivity index (χ1n) is 11.0. The third-order valence-corrected chi connectivity index (χ3v) is 8.92. The molecule has 1 amide bonds. The number of hydrogen-bond donors (Lipinski definition) is 0. The van der Waals surface area contributed by atoms with Crippen molar-refractivity contribution in [3.63, 3.8) is 0 Å². The van der Waals surface area contributed by atoms with Crippen LogP contribution in [0.5, 0.6) is 0 Å². The number of carbonyl (C=O) groups is 1. The Morgan fingerprint density at radius 2 is 1.69 bits per heavy atom. The molecule has 9 rings (SSSR count). The van der Waals surface area contributed by atoms with E-state index in [-0.39, 0.29) is 17.2 Å². The smallest absolute Gasteiger partial charge is 0.411 e. The SMILES string of the molecule is CC(C)(C)OC(=O)N(C12CC=C3C(CC3C1)C2)C12CC3CC(CC1C3)C2. The Labute approximate surface area is 157 Å². The maximum atomic E-state index is 13.7. The molecule has 0 aromatic heterocycles. The zero-order valence-corrected chi connectivity index (χ0v) is 16.6. The summed E-state index contributed by atoms with van der Waals surface area (Å²) < 4.78 is 6.08. The molecule has 0 N–H and O–H groups in total. The average Bonchev–Trinajstić information content (AvgIpc) is 2.89. The molecule has 4 atom stereocenters. The van der Waals surface area contributed by atoms with Gasteiger partial charge in [-0.2, -0.15) is 0 Å².